The van der Waals surface area contributed by atoms with Crippen LogP contribution >= 0.6 is 0 Å². The van der Waals surface area contributed by atoms with Crippen LogP contribution in [-0.2, 0) is 21.2 Å². The summed E-state index contributed by atoms with van der Waals surface area (Å²) in [6.45, 7) is 1.65. The standard InChI is InChI=1S/C16H23NO4S/c1-11(22(17,19)20)16(13-9-14(18)10-13)8-5-12-3-6-15(21-2)7-4-12/h3-4,6-7,11,13,16H,5,8-10H2,1-2H3,(H2,17,19,20). The Balaban J connectivity index is 2.04. The van der Waals surface area contributed by atoms with Crippen molar-refractivity contribution in [3.05, 3.63) is 29.8 Å². The van der Waals surface area contributed by atoms with Crippen molar-refractivity contribution in [1.29, 1.82) is 0 Å². The maximum absolute atomic E-state index is 11.7. The molecule has 0 aliphatic heterocycles. The van der Waals surface area contributed by atoms with E-state index >= 15 is 0 Å². The molecule has 1 fully saturated rings. The van der Waals surface area contributed by atoms with Gasteiger partial charge in [0, 0.05) is 12.8 Å². The van der Waals surface area contributed by atoms with Crippen molar-refractivity contribution in [2.24, 2.45) is 17.0 Å². The number of sulfonamides is 1. The molecule has 22 heavy (non-hydrogen) atoms. The molecule has 0 bridgehead atoms. The van der Waals surface area contributed by atoms with Gasteiger partial charge in [0.15, 0.2) is 0 Å². The van der Waals surface area contributed by atoms with E-state index in [0.717, 1.165) is 17.7 Å². The maximum Gasteiger partial charge on any atom is 0.211 e. The van der Waals surface area contributed by atoms with E-state index in [9.17, 15) is 13.2 Å². The van der Waals surface area contributed by atoms with Crippen molar-refractivity contribution in [2.45, 2.75) is 37.9 Å². The number of ether oxygens (including phenoxy) is 1. The van der Waals surface area contributed by atoms with Gasteiger partial charge in [0.05, 0.1) is 12.4 Å². The summed E-state index contributed by atoms with van der Waals surface area (Å²) >= 11 is 0. The van der Waals surface area contributed by atoms with Crippen LogP contribution in [0.4, 0.5) is 0 Å². The third-order valence-electron chi connectivity index (χ3n) is 4.63. The van der Waals surface area contributed by atoms with Gasteiger partial charge in [-0.2, -0.15) is 0 Å². The fourth-order valence-electron chi connectivity index (χ4n) is 3.05. The molecule has 1 aromatic rings. The molecular formula is C16H23NO4S. The van der Waals surface area contributed by atoms with Gasteiger partial charge in [0.2, 0.25) is 10.0 Å². The van der Waals surface area contributed by atoms with Crippen LogP contribution in [0.1, 0.15) is 31.7 Å². The number of primary sulfonamides is 1. The van der Waals surface area contributed by atoms with E-state index in [2.05, 4.69) is 0 Å². The predicted octanol–water partition coefficient (Wildman–Crippen LogP) is 1.90. The summed E-state index contributed by atoms with van der Waals surface area (Å²) in [4.78, 5) is 11.2. The molecule has 0 spiro atoms. The van der Waals surface area contributed by atoms with Crippen LogP contribution in [0.3, 0.4) is 0 Å². The zero-order valence-corrected chi connectivity index (χ0v) is 13.8. The second-order valence-corrected chi connectivity index (χ2v) is 7.97. The van der Waals surface area contributed by atoms with Crippen LogP contribution in [0.2, 0.25) is 0 Å². The van der Waals surface area contributed by atoms with Crippen LogP contribution in [0.5, 0.6) is 5.75 Å². The Hall–Kier alpha value is -1.40. The summed E-state index contributed by atoms with van der Waals surface area (Å²) in [5, 5.41) is 4.69. The fraction of sp³-hybridized carbons (Fsp3) is 0.562. The molecule has 1 aliphatic rings. The Bertz CT molecular complexity index is 616. The van der Waals surface area contributed by atoms with Gasteiger partial charge in [-0.3, -0.25) is 4.79 Å². The number of hydrogen-bond acceptors (Lipinski definition) is 4. The van der Waals surface area contributed by atoms with Crippen LogP contribution in [-0.4, -0.2) is 26.6 Å². The average molecular weight is 325 g/mol. The molecule has 1 aromatic carbocycles. The minimum Gasteiger partial charge on any atom is -0.497 e. The van der Waals surface area contributed by atoms with Crippen molar-refractivity contribution in [2.75, 3.05) is 7.11 Å². The van der Waals surface area contributed by atoms with Gasteiger partial charge < -0.3 is 4.74 Å². The van der Waals surface area contributed by atoms with Gasteiger partial charge in [-0.1, -0.05) is 12.1 Å². The highest BCUT2D eigenvalue weighted by Gasteiger charge is 2.39. The molecule has 0 saturated heterocycles. The molecule has 6 heteroatoms. The van der Waals surface area contributed by atoms with Gasteiger partial charge in [-0.25, -0.2) is 13.6 Å². The lowest BCUT2D eigenvalue weighted by atomic mass is 9.72. The van der Waals surface area contributed by atoms with Crippen molar-refractivity contribution >= 4 is 15.8 Å². The number of methoxy groups -OCH3 is 1. The molecule has 0 aromatic heterocycles. The number of benzene rings is 1. The number of ketones is 1. The van der Waals surface area contributed by atoms with Crippen molar-refractivity contribution < 1.29 is 17.9 Å². The van der Waals surface area contributed by atoms with E-state index in [1.54, 1.807) is 14.0 Å². The Morgan fingerprint density at radius 1 is 1.27 bits per heavy atom. The average Bonchev–Trinajstić information content (AvgIpc) is 2.44. The lowest BCUT2D eigenvalue weighted by Gasteiger charge is -2.35. The quantitative estimate of drug-likeness (QED) is 0.829. The normalized spacial score (nSPS) is 18.6. The third-order valence-corrected chi connectivity index (χ3v) is 6.02. The van der Waals surface area contributed by atoms with Crippen molar-refractivity contribution in [1.82, 2.24) is 0 Å². The first-order valence-electron chi connectivity index (χ1n) is 7.47. The number of rotatable bonds is 7. The molecule has 2 rings (SSSR count). The lowest BCUT2D eigenvalue weighted by molar-refractivity contribution is -0.128. The molecule has 5 nitrogen and oxygen atoms in total. The summed E-state index contributed by atoms with van der Waals surface area (Å²) in [5.41, 5.74) is 1.12. The monoisotopic (exact) mass is 325 g/mol. The smallest absolute Gasteiger partial charge is 0.211 e. The Morgan fingerprint density at radius 3 is 2.32 bits per heavy atom. The van der Waals surface area contributed by atoms with Gasteiger partial charge in [0.1, 0.15) is 11.5 Å². The van der Waals surface area contributed by atoms with Gasteiger partial charge in [-0.05, 0) is 49.3 Å². The number of Topliss-reactive ketones (excluding diaryl/α,β-unsaturated/α-hetero) is 1. The van der Waals surface area contributed by atoms with E-state index in [0.29, 0.717) is 19.3 Å². The zero-order valence-electron chi connectivity index (χ0n) is 13.0. The number of hydrogen-bond donors (Lipinski definition) is 1. The summed E-state index contributed by atoms with van der Waals surface area (Å²) < 4.78 is 28.5. The van der Waals surface area contributed by atoms with Crippen molar-refractivity contribution in [3.8, 4) is 5.75 Å². The second-order valence-electron chi connectivity index (χ2n) is 6.05. The summed E-state index contributed by atoms with van der Waals surface area (Å²) in [7, 11) is -1.97. The van der Waals surface area contributed by atoms with E-state index in [1.165, 1.54) is 0 Å². The molecule has 0 radical (unpaired) electrons. The first-order valence-corrected chi connectivity index (χ1v) is 9.08. The lowest BCUT2D eigenvalue weighted by Crippen LogP contribution is -2.41. The molecular weight excluding hydrogens is 302 g/mol. The van der Waals surface area contributed by atoms with Crippen LogP contribution in [0.15, 0.2) is 24.3 Å². The van der Waals surface area contributed by atoms with E-state index in [4.69, 9.17) is 9.88 Å². The maximum atomic E-state index is 11.7. The highest BCUT2D eigenvalue weighted by atomic mass is 32.2. The number of carbonyl (C=O) groups excluding carboxylic acids is 1. The molecule has 122 valence electrons. The van der Waals surface area contributed by atoms with Crippen molar-refractivity contribution in [3.63, 3.8) is 0 Å². The second kappa shape index (κ2) is 6.79. The molecule has 1 aliphatic carbocycles. The van der Waals surface area contributed by atoms with Gasteiger partial charge in [-0.15, -0.1) is 0 Å². The molecule has 0 amide bonds. The molecule has 2 unspecified atom stereocenters. The van der Waals surface area contributed by atoms with Crippen LogP contribution in [0.25, 0.3) is 0 Å². The first kappa shape index (κ1) is 17.0. The van der Waals surface area contributed by atoms with Crippen LogP contribution in [0, 0.1) is 11.8 Å². The Morgan fingerprint density at radius 2 is 1.86 bits per heavy atom. The predicted molar refractivity (Wildman–Crippen MR) is 85.1 cm³/mol. The largest absolute Gasteiger partial charge is 0.497 e. The Labute approximate surface area is 131 Å². The molecule has 2 N–H and O–H groups in total. The molecule has 2 atom stereocenters. The number of aryl methyl sites for hydroxylation is 1. The van der Waals surface area contributed by atoms with Gasteiger partial charge >= 0.3 is 0 Å². The van der Waals surface area contributed by atoms with E-state index in [1.807, 2.05) is 24.3 Å². The summed E-state index contributed by atoms with van der Waals surface area (Å²) in [6, 6.07) is 7.73. The number of nitrogens with two attached hydrogens (primary N) is 1. The Kier molecular flexibility index (Phi) is 5.24. The molecule has 1 saturated carbocycles. The third kappa shape index (κ3) is 4.08. The van der Waals surface area contributed by atoms with E-state index < -0.39 is 15.3 Å². The zero-order chi connectivity index (χ0) is 16.3. The van der Waals surface area contributed by atoms with Crippen LogP contribution < -0.4 is 9.88 Å². The topological polar surface area (TPSA) is 86.5 Å². The van der Waals surface area contributed by atoms with E-state index in [-0.39, 0.29) is 17.6 Å². The highest BCUT2D eigenvalue weighted by Crippen LogP contribution is 2.37. The summed E-state index contributed by atoms with van der Waals surface area (Å²) in [6.07, 6.45) is 2.43. The molecule has 0 heterocycles. The fourth-order valence-corrected chi connectivity index (χ4v) is 3.90. The summed E-state index contributed by atoms with van der Waals surface area (Å²) in [5.74, 6) is 1.07. The van der Waals surface area contributed by atoms with Gasteiger partial charge in [0.25, 0.3) is 0 Å². The number of carbonyl (C=O) groups is 1. The minimum atomic E-state index is -3.59. The SMILES string of the molecule is COc1ccc(CCC(C2CC(=O)C2)C(C)S(N)(=O)=O)cc1. The highest BCUT2D eigenvalue weighted by molar-refractivity contribution is 7.89. The first-order chi connectivity index (χ1) is 10.3. The minimum absolute atomic E-state index is 0.0743.